The molecule has 0 radical (unpaired) electrons. The first-order valence-electron chi connectivity index (χ1n) is 5.97. The van der Waals surface area contributed by atoms with Crippen LogP contribution in [0.5, 0.6) is 0 Å². The van der Waals surface area contributed by atoms with Crippen LogP contribution in [0.3, 0.4) is 0 Å². The summed E-state index contributed by atoms with van der Waals surface area (Å²) in [7, 11) is -3.62. The van der Waals surface area contributed by atoms with Gasteiger partial charge in [-0.2, -0.15) is 0 Å². The number of nitrogens with two attached hydrogens (primary N) is 2. The maximum atomic E-state index is 11.1. The Balaban J connectivity index is 2.56. The molecule has 7 heteroatoms. The summed E-state index contributed by atoms with van der Waals surface area (Å²) in [6.45, 7) is 4.50. The molecule has 19 heavy (non-hydrogen) atoms. The van der Waals surface area contributed by atoms with Gasteiger partial charge in [-0.25, -0.2) is 13.6 Å². The SMILES string of the molecule is CC(C)NC(N)=NCCc1ccc(S(N)(=O)=O)cc1. The third kappa shape index (κ3) is 5.71. The standard InChI is InChI=1S/C12H20N4O2S/c1-9(2)16-12(13)15-8-7-10-3-5-11(6-4-10)19(14,17)18/h3-6,9H,7-8H2,1-2H3,(H3,13,15,16)(H2,14,17,18). The van der Waals surface area contributed by atoms with Gasteiger partial charge in [-0.05, 0) is 38.0 Å². The molecule has 6 nitrogen and oxygen atoms in total. The number of guanidine groups is 1. The predicted octanol–water partition coefficient (Wildman–Crippen LogP) is 0.189. The Kier molecular flexibility index (Phi) is 5.31. The zero-order chi connectivity index (χ0) is 14.5. The molecule has 0 aliphatic heterocycles. The average Bonchev–Trinajstić information content (AvgIpc) is 2.27. The molecule has 0 unspecified atom stereocenters. The number of nitrogens with zero attached hydrogens (tertiary/aromatic N) is 1. The van der Waals surface area contributed by atoms with Gasteiger partial charge in [0.05, 0.1) is 4.90 Å². The van der Waals surface area contributed by atoms with E-state index >= 15 is 0 Å². The van der Waals surface area contributed by atoms with Gasteiger partial charge in [-0.15, -0.1) is 0 Å². The van der Waals surface area contributed by atoms with Crippen molar-refractivity contribution in [3.63, 3.8) is 0 Å². The monoisotopic (exact) mass is 284 g/mol. The molecule has 0 atom stereocenters. The van der Waals surface area contributed by atoms with Crippen molar-refractivity contribution in [1.29, 1.82) is 0 Å². The number of primary sulfonamides is 1. The molecule has 1 rings (SSSR count). The van der Waals surface area contributed by atoms with Gasteiger partial charge >= 0.3 is 0 Å². The molecule has 5 N–H and O–H groups in total. The molecular weight excluding hydrogens is 264 g/mol. The van der Waals surface area contributed by atoms with Crippen LogP contribution in [0.25, 0.3) is 0 Å². The molecule has 0 amide bonds. The molecule has 0 saturated heterocycles. The summed E-state index contributed by atoms with van der Waals surface area (Å²) >= 11 is 0. The molecule has 0 aromatic heterocycles. The van der Waals surface area contributed by atoms with E-state index in [2.05, 4.69) is 10.3 Å². The van der Waals surface area contributed by atoms with Crippen LogP contribution >= 0.6 is 0 Å². The lowest BCUT2D eigenvalue weighted by Crippen LogP contribution is -2.36. The molecule has 0 saturated carbocycles. The highest BCUT2D eigenvalue weighted by Crippen LogP contribution is 2.09. The Bertz CT molecular complexity index is 535. The maximum Gasteiger partial charge on any atom is 0.238 e. The van der Waals surface area contributed by atoms with Gasteiger partial charge in [-0.1, -0.05) is 12.1 Å². The van der Waals surface area contributed by atoms with E-state index in [0.29, 0.717) is 18.9 Å². The largest absolute Gasteiger partial charge is 0.370 e. The first kappa shape index (κ1) is 15.5. The lowest BCUT2D eigenvalue weighted by atomic mass is 10.1. The second-order valence-corrected chi connectivity index (χ2v) is 6.07. The van der Waals surface area contributed by atoms with E-state index in [4.69, 9.17) is 10.9 Å². The van der Waals surface area contributed by atoms with Gasteiger partial charge < -0.3 is 11.1 Å². The first-order valence-corrected chi connectivity index (χ1v) is 7.52. The average molecular weight is 284 g/mol. The summed E-state index contributed by atoms with van der Waals surface area (Å²) in [4.78, 5) is 4.28. The van der Waals surface area contributed by atoms with Gasteiger partial charge in [0.15, 0.2) is 5.96 Å². The van der Waals surface area contributed by atoms with Gasteiger partial charge in [0.2, 0.25) is 10.0 Å². The van der Waals surface area contributed by atoms with Crippen molar-refractivity contribution >= 4 is 16.0 Å². The third-order valence-electron chi connectivity index (χ3n) is 2.37. The molecule has 1 aromatic rings. The fourth-order valence-electron chi connectivity index (χ4n) is 1.49. The number of aliphatic imine (C=N–C) groups is 1. The zero-order valence-electron chi connectivity index (χ0n) is 11.1. The summed E-state index contributed by atoms with van der Waals surface area (Å²) in [6.07, 6.45) is 0.686. The van der Waals surface area contributed by atoms with Gasteiger partial charge in [0.1, 0.15) is 0 Å². The minimum atomic E-state index is -3.62. The predicted molar refractivity (Wildman–Crippen MR) is 76.3 cm³/mol. The molecule has 0 aliphatic carbocycles. The van der Waals surface area contributed by atoms with E-state index in [1.165, 1.54) is 12.1 Å². The molecule has 0 aliphatic rings. The maximum absolute atomic E-state index is 11.1. The summed E-state index contributed by atoms with van der Waals surface area (Å²) in [6, 6.07) is 6.68. The van der Waals surface area contributed by atoms with Crippen molar-refractivity contribution in [1.82, 2.24) is 5.32 Å². The van der Waals surface area contributed by atoms with Crippen molar-refractivity contribution in [3.05, 3.63) is 29.8 Å². The zero-order valence-corrected chi connectivity index (χ0v) is 11.9. The molecule has 0 fully saturated rings. The molecule has 0 heterocycles. The molecule has 1 aromatic carbocycles. The number of nitrogens with one attached hydrogen (secondary N) is 1. The van der Waals surface area contributed by atoms with Crippen LogP contribution < -0.4 is 16.2 Å². The van der Waals surface area contributed by atoms with Crippen LogP contribution in [-0.2, 0) is 16.4 Å². The second kappa shape index (κ2) is 6.53. The summed E-state index contributed by atoms with van der Waals surface area (Å²) < 4.78 is 22.2. The Labute approximate surface area is 114 Å². The first-order chi connectivity index (χ1) is 8.79. The Morgan fingerprint density at radius 1 is 1.32 bits per heavy atom. The Hall–Kier alpha value is -1.60. The van der Waals surface area contributed by atoms with E-state index in [0.717, 1.165) is 5.56 Å². The van der Waals surface area contributed by atoms with E-state index in [1.54, 1.807) is 12.1 Å². The van der Waals surface area contributed by atoms with E-state index in [1.807, 2.05) is 13.8 Å². The molecule has 106 valence electrons. The van der Waals surface area contributed by atoms with Crippen molar-refractivity contribution in [2.75, 3.05) is 6.54 Å². The van der Waals surface area contributed by atoms with Crippen LogP contribution in [0.2, 0.25) is 0 Å². The minimum absolute atomic E-state index is 0.112. The fourth-order valence-corrected chi connectivity index (χ4v) is 2.01. The highest BCUT2D eigenvalue weighted by atomic mass is 32.2. The van der Waals surface area contributed by atoms with Crippen molar-refractivity contribution in [2.45, 2.75) is 31.2 Å². The van der Waals surface area contributed by atoms with Crippen molar-refractivity contribution in [3.8, 4) is 0 Å². The van der Waals surface area contributed by atoms with Crippen LogP contribution in [0, 0.1) is 0 Å². The Morgan fingerprint density at radius 2 is 1.89 bits per heavy atom. The van der Waals surface area contributed by atoms with Gasteiger partial charge in [-0.3, -0.25) is 4.99 Å². The molecule has 0 spiro atoms. The quantitative estimate of drug-likeness (QED) is 0.529. The van der Waals surface area contributed by atoms with Crippen LogP contribution in [0.15, 0.2) is 34.2 Å². The minimum Gasteiger partial charge on any atom is -0.370 e. The van der Waals surface area contributed by atoms with E-state index < -0.39 is 10.0 Å². The van der Waals surface area contributed by atoms with Gasteiger partial charge in [0, 0.05) is 12.6 Å². The number of hydrogen-bond donors (Lipinski definition) is 3. The van der Waals surface area contributed by atoms with Crippen molar-refractivity contribution in [2.24, 2.45) is 15.9 Å². The fraction of sp³-hybridized carbons (Fsp3) is 0.417. The summed E-state index contributed by atoms with van der Waals surface area (Å²) in [5, 5.41) is 8.01. The number of hydrogen-bond acceptors (Lipinski definition) is 3. The third-order valence-corrected chi connectivity index (χ3v) is 3.30. The van der Waals surface area contributed by atoms with Crippen LogP contribution in [0.1, 0.15) is 19.4 Å². The number of sulfonamides is 1. The second-order valence-electron chi connectivity index (χ2n) is 4.50. The topological polar surface area (TPSA) is 111 Å². The summed E-state index contributed by atoms with van der Waals surface area (Å²) in [5.41, 5.74) is 6.64. The highest BCUT2D eigenvalue weighted by Gasteiger charge is 2.06. The van der Waals surface area contributed by atoms with Crippen LogP contribution in [0.4, 0.5) is 0 Å². The van der Waals surface area contributed by atoms with Crippen LogP contribution in [-0.4, -0.2) is 27.0 Å². The normalized spacial score (nSPS) is 12.7. The van der Waals surface area contributed by atoms with E-state index in [9.17, 15) is 8.42 Å². The van der Waals surface area contributed by atoms with E-state index in [-0.39, 0.29) is 10.9 Å². The molecule has 0 bridgehead atoms. The number of benzene rings is 1. The Morgan fingerprint density at radius 3 is 2.37 bits per heavy atom. The van der Waals surface area contributed by atoms with Gasteiger partial charge in [0.25, 0.3) is 0 Å². The lowest BCUT2D eigenvalue weighted by molar-refractivity contribution is 0.598. The summed E-state index contributed by atoms with van der Waals surface area (Å²) in [5.74, 6) is 0.413. The highest BCUT2D eigenvalue weighted by molar-refractivity contribution is 7.89. The smallest absolute Gasteiger partial charge is 0.238 e. The number of rotatable bonds is 5. The van der Waals surface area contributed by atoms with Crippen molar-refractivity contribution < 1.29 is 8.42 Å². The molecular formula is C12H20N4O2S. The lowest BCUT2D eigenvalue weighted by Gasteiger charge is -2.08.